The molecule has 1 saturated carbocycles. The van der Waals surface area contributed by atoms with Gasteiger partial charge >= 0.3 is 0 Å². The number of aryl methyl sites for hydroxylation is 2. The van der Waals surface area contributed by atoms with Crippen molar-refractivity contribution in [3.05, 3.63) is 36.0 Å². The van der Waals surface area contributed by atoms with Crippen LogP contribution >= 0.6 is 0 Å². The Morgan fingerprint density at radius 1 is 1.08 bits per heavy atom. The molecule has 4 rings (SSSR count). The van der Waals surface area contributed by atoms with E-state index in [0.717, 1.165) is 22.5 Å². The molecule has 6 heteroatoms. The van der Waals surface area contributed by atoms with E-state index in [2.05, 4.69) is 34.8 Å². The van der Waals surface area contributed by atoms with Gasteiger partial charge in [0, 0.05) is 18.8 Å². The van der Waals surface area contributed by atoms with Crippen LogP contribution in [0.2, 0.25) is 0 Å². The van der Waals surface area contributed by atoms with Crippen molar-refractivity contribution >= 4 is 28.5 Å². The van der Waals surface area contributed by atoms with Gasteiger partial charge in [0.25, 0.3) is 0 Å². The summed E-state index contributed by atoms with van der Waals surface area (Å²) >= 11 is 0. The molecular weight excluding hydrogens is 312 g/mol. The van der Waals surface area contributed by atoms with E-state index in [1.165, 1.54) is 37.7 Å². The summed E-state index contributed by atoms with van der Waals surface area (Å²) in [5, 5.41) is 12.3. The Morgan fingerprint density at radius 2 is 1.88 bits per heavy atom. The van der Waals surface area contributed by atoms with Gasteiger partial charge in [-0.25, -0.2) is 0 Å². The molecule has 0 radical (unpaired) electrons. The Morgan fingerprint density at radius 3 is 2.68 bits per heavy atom. The first-order valence-electron chi connectivity index (χ1n) is 8.99. The maximum atomic E-state index is 4.76. The van der Waals surface area contributed by atoms with Crippen molar-refractivity contribution < 1.29 is 0 Å². The summed E-state index contributed by atoms with van der Waals surface area (Å²) in [6.07, 6.45) is 8.08. The lowest BCUT2D eigenvalue weighted by Crippen LogP contribution is -2.23. The van der Waals surface area contributed by atoms with Crippen molar-refractivity contribution in [1.29, 1.82) is 0 Å². The Kier molecular flexibility index (Phi) is 4.26. The zero-order chi connectivity index (χ0) is 17.2. The predicted molar refractivity (Wildman–Crippen MR) is 101 cm³/mol. The maximum absolute atomic E-state index is 4.76. The smallest absolute Gasteiger partial charge is 0.226 e. The van der Waals surface area contributed by atoms with Crippen LogP contribution in [0.25, 0.3) is 11.0 Å². The van der Waals surface area contributed by atoms with Gasteiger partial charge in [-0.15, -0.1) is 0 Å². The third-order valence-corrected chi connectivity index (χ3v) is 4.93. The average Bonchev–Trinajstić information content (AvgIpc) is 2.99. The lowest BCUT2D eigenvalue weighted by atomic mass is 9.96. The fourth-order valence-electron chi connectivity index (χ4n) is 3.45. The standard InChI is InChI=1S/C19H24N6/c1-13-8-6-7-11-16(13)22-17-15-12-20-25(2)18(15)24-19(23-17)21-14-9-4-3-5-10-14/h6-8,11-12,14H,3-5,9-10H2,1-2H3,(H2,21,22,23,24). The van der Waals surface area contributed by atoms with Crippen molar-refractivity contribution in [2.45, 2.75) is 45.1 Å². The lowest BCUT2D eigenvalue weighted by Gasteiger charge is -2.23. The highest BCUT2D eigenvalue weighted by atomic mass is 15.3. The predicted octanol–water partition coefficient (Wildman–Crippen LogP) is 4.16. The Bertz CT molecular complexity index is 879. The summed E-state index contributed by atoms with van der Waals surface area (Å²) < 4.78 is 1.80. The van der Waals surface area contributed by atoms with Crippen molar-refractivity contribution in [1.82, 2.24) is 19.7 Å². The van der Waals surface area contributed by atoms with Gasteiger partial charge in [-0.2, -0.15) is 15.1 Å². The summed E-state index contributed by atoms with van der Waals surface area (Å²) in [6, 6.07) is 8.68. The van der Waals surface area contributed by atoms with Gasteiger partial charge in [-0.1, -0.05) is 37.5 Å². The van der Waals surface area contributed by atoms with Gasteiger partial charge in [0.1, 0.15) is 5.82 Å². The first-order chi connectivity index (χ1) is 12.2. The van der Waals surface area contributed by atoms with E-state index in [1.54, 1.807) is 4.68 Å². The Hall–Kier alpha value is -2.63. The van der Waals surface area contributed by atoms with Crippen LogP contribution in [0.4, 0.5) is 17.5 Å². The fraction of sp³-hybridized carbons (Fsp3) is 0.421. The summed E-state index contributed by atoms with van der Waals surface area (Å²) in [4.78, 5) is 9.45. The van der Waals surface area contributed by atoms with Gasteiger partial charge in [-0.05, 0) is 31.4 Å². The van der Waals surface area contributed by atoms with Gasteiger partial charge in [-0.3, -0.25) is 4.68 Å². The first-order valence-corrected chi connectivity index (χ1v) is 8.99. The van der Waals surface area contributed by atoms with E-state index < -0.39 is 0 Å². The fourth-order valence-corrected chi connectivity index (χ4v) is 3.45. The minimum atomic E-state index is 0.464. The molecule has 2 N–H and O–H groups in total. The second kappa shape index (κ2) is 6.70. The maximum Gasteiger partial charge on any atom is 0.226 e. The summed E-state index contributed by atoms with van der Waals surface area (Å²) in [5.41, 5.74) is 3.07. The number of para-hydroxylation sites is 1. The van der Waals surface area contributed by atoms with Crippen LogP contribution in [0.1, 0.15) is 37.7 Å². The van der Waals surface area contributed by atoms with Gasteiger partial charge in [0.15, 0.2) is 5.65 Å². The summed E-state index contributed by atoms with van der Waals surface area (Å²) in [7, 11) is 1.91. The second-order valence-corrected chi connectivity index (χ2v) is 6.82. The molecule has 0 atom stereocenters. The van der Waals surface area contributed by atoms with Crippen molar-refractivity contribution in [3.63, 3.8) is 0 Å². The third kappa shape index (κ3) is 3.29. The van der Waals surface area contributed by atoms with E-state index in [9.17, 15) is 0 Å². The minimum absolute atomic E-state index is 0.464. The highest BCUT2D eigenvalue weighted by Gasteiger charge is 2.17. The van der Waals surface area contributed by atoms with Crippen molar-refractivity contribution in [2.75, 3.05) is 10.6 Å². The number of fused-ring (bicyclic) bond motifs is 1. The number of anilines is 3. The van der Waals surface area contributed by atoms with Crippen LogP contribution < -0.4 is 10.6 Å². The largest absolute Gasteiger partial charge is 0.351 e. The van der Waals surface area contributed by atoms with Gasteiger partial charge in [0.2, 0.25) is 5.95 Å². The van der Waals surface area contributed by atoms with Crippen LogP contribution in [0.3, 0.4) is 0 Å². The van der Waals surface area contributed by atoms with E-state index in [0.29, 0.717) is 12.0 Å². The molecule has 130 valence electrons. The molecule has 6 nitrogen and oxygen atoms in total. The number of aromatic nitrogens is 4. The SMILES string of the molecule is Cc1ccccc1Nc1nc(NC2CCCCC2)nc2c1cnn2C. The first kappa shape index (κ1) is 15.9. The van der Waals surface area contributed by atoms with Crippen LogP contribution in [-0.2, 0) is 7.05 Å². The lowest BCUT2D eigenvalue weighted by molar-refractivity contribution is 0.461. The molecule has 25 heavy (non-hydrogen) atoms. The van der Waals surface area contributed by atoms with Crippen LogP contribution in [0, 0.1) is 6.92 Å². The second-order valence-electron chi connectivity index (χ2n) is 6.82. The van der Waals surface area contributed by atoms with Crippen LogP contribution in [0.15, 0.2) is 30.5 Å². The molecule has 1 aromatic carbocycles. The average molecular weight is 336 g/mol. The quantitative estimate of drug-likeness (QED) is 0.749. The molecule has 0 aliphatic heterocycles. The molecule has 0 bridgehead atoms. The van der Waals surface area contributed by atoms with E-state index >= 15 is 0 Å². The third-order valence-electron chi connectivity index (χ3n) is 4.93. The number of hydrogen-bond acceptors (Lipinski definition) is 5. The van der Waals surface area contributed by atoms with E-state index in [4.69, 9.17) is 9.97 Å². The molecule has 1 fully saturated rings. The minimum Gasteiger partial charge on any atom is -0.351 e. The molecule has 1 aliphatic rings. The number of hydrogen-bond donors (Lipinski definition) is 2. The van der Waals surface area contributed by atoms with Crippen molar-refractivity contribution in [2.24, 2.45) is 7.05 Å². The summed E-state index contributed by atoms with van der Waals surface area (Å²) in [6.45, 7) is 2.09. The highest BCUT2D eigenvalue weighted by molar-refractivity contribution is 5.89. The number of nitrogens with zero attached hydrogens (tertiary/aromatic N) is 4. The molecule has 0 spiro atoms. The van der Waals surface area contributed by atoms with E-state index in [1.807, 2.05) is 25.4 Å². The van der Waals surface area contributed by atoms with Crippen LogP contribution in [0.5, 0.6) is 0 Å². The topological polar surface area (TPSA) is 67.7 Å². The Labute approximate surface area is 147 Å². The Balaban J connectivity index is 1.70. The zero-order valence-corrected chi connectivity index (χ0v) is 14.8. The molecule has 3 aromatic rings. The molecule has 0 unspecified atom stereocenters. The molecule has 0 saturated heterocycles. The molecular formula is C19H24N6. The van der Waals surface area contributed by atoms with Gasteiger partial charge in [0.05, 0.1) is 11.6 Å². The molecule has 1 aliphatic carbocycles. The molecule has 2 aromatic heterocycles. The monoisotopic (exact) mass is 336 g/mol. The molecule has 0 amide bonds. The number of nitrogens with one attached hydrogen (secondary N) is 2. The summed E-state index contributed by atoms with van der Waals surface area (Å²) in [5.74, 6) is 1.48. The zero-order valence-electron chi connectivity index (χ0n) is 14.8. The van der Waals surface area contributed by atoms with Gasteiger partial charge < -0.3 is 10.6 Å². The number of benzene rings is 1. The van der Waals surface area contributed by atoms with Crippen molar-refractivity contribution in [3.8, 4) is 0 Å². The van der Waals surface area contributed by atoms with Crippen LogP contribution in [-0.4, -0.2) is 25.8 Å². The highest BCUT2D eigenvalue weighted by Crippen LogP contribution is 2.27. The molecule has 2 heterocycles. The van der Waals surface area contributed by atoms with E-state index in [-0.39, 0.29) is 0 Å². The normalized spacial score (nSPS) is 15.4. The number of rotatable bonds is 4.